The maximum atomic E-state index is 13.1. The van der Waals surface area contributed by atoms with Gasteiger partial charge in [0.05, 0.1) is 31.4 Å². The minimum absolute atomic E-state index is 0.136. The highest BCUT2D eigenvalue weighted by Gasteiger charge is 2.42. The lowest BCUT2D eigenvalue weighted by molar-refractivity contribution is -0.147. The third-order valence-electron chi connectivity index (χ3n) is 4.64. The Morgan fingerprint density at radius 2 is 1.82 bits per heavy atom. The van der Waals surface area contributed by atoms with Gasteiger partial charge in [-0.05, 0) is 55.0 Å². The third kappa shape index (κ3) is 5.96. The molecule has 0 radical (unpaired) electrons. The summed E-state index contributed by atoms with van der Waals surface area (Å²) in [5.41, 5.74) is 1.16. The summed E-state index contributed by atoms with van der Waals surface area (Å²) in [6.45, 7) is 1.29. The molecule has 0 amide bonds. The van der Waals surface area contributed by atoms with Crippen LogP contribution in [0.3, 0.4) is 0 Å². The molecular formula is C24H23NO8S. The number of nitrogens with zero attached hydrogens (tertiary/aromatic N) is 1. The van der Waals surface area contributed by atoms with Gasteiger partial charge in [0, 0.05) is 0 Å². The standard InChI is InChI=1S/C24H23NO8S/c1-4-32-24(29)21-22(28)19(34-23(21)25-15-6-8-16(30-2)9-7-15)12-14-5-10-17(18(11-14)31-3)33-13-20(26)27/h5-12,21H,4,13H2,1-3H3,(H,26,27)/b19-12-,25-23?. The number of carbonyl (C=O) groups excluding carboxylic acids is 2. The number of esters is 1. The van der Waals surface area contributed by atoms with Gasteiger partial charge in [-0.15, -0.1) is 0 Å². The van der Waals surface area contributed by atoms with Crippen molar-refractivity contribution in [1.29, 1.82) is 0 Å². The first kappa shape index (κ1) is 24.8. The van der Waals surface area contributed by atoms with E-state index in [0.29, 0.717) is 32.7 Å². The number of carboxylic acids is 1. The largest absolute Gasteiger partial charge is 0.497 e. The number of allylic oxidation sites excluding steroid dienone is 1. The molecule has 1 atom stereocenters. The van der Waals surface area contributed by atoms with Crippen LogP contribution in [0.4, 0.5) is 5.69 Å². The van der Waals surface area contributed by atoms with Gasteiger partial charge in [-0.2, -0.15) is 0 Å². The highest BCUT2D eigenvalue weighted by atomic mass is 32.2. The van der Waals surface area contributed by atoms with Crippen LogP contribution in [-0.4, -0.2) is 55.3 Å². The molecule has 0 saturated carbocycles. The Morgan fingerprint density at radius 1 is 1.09 bits per heavy atom. The first-order valence-corrected chi connectivity index (χ1v) is 11.0. The number of thioether (sulfide) groups is 1. The zero-order valence-electron chi connectivity index (χ0n) is 18.8. The van der Waals surface area contributed by atoms with Gasteiger partial charge in [-0.1, -0.05) is 17.8 Å². The molecule has 9 nitrogen and oxygen atoms in total. The fourth-order valence-electron chi connectivity index (χ4n) is 3.07. The lowest BCUT2D eigenvalue weighted by Gasteiger charge is -2.10. The molecule has 1 heterocycles. The number of aliphatic carboxylic acids is 1. The van der Waals surface area contributed by atoms with Crippen LogP contribution in [0.1, 0.15) is 12.5 Å². The highest BCUT2D eigenvalue weighted by Crippen LogP contribution is 2.39. The number of carbonyl (C=O) groups is 3. The molecule has 1 aliphatic rings. The summed E-state index contributed by atoms with van der Waals surface area (Å²) in [7, 11) is 2.98. The fraction of sp³-hybridized carbons (Fsp3) is 0.250. The van der Waals surface area contributed by atoms with Gasteiger partial charge >= 0.3 is 11.9 Å². The van der Waals surface area contributed by atoms with Gasteiger partial charge in [-0.25, -0.2) is 9.79 Å². The first-order valence-electron chi connectivity index (χ1n) is 10.2. The number of ketones is 1. The van der Waals surface area contributed by atoms with E-state index in [-0.39, 0.29) is 12.4 Å². The zero-order chi connectivity index (χ0) is 24.7. The van der Waals surface area contributed by atoms with Crippen molar-refractivity contribution in [3.63, 3.8) is 0 Å². The summed E-state index contributed by atoms with van der Waals surface area (Å²) < 4.78 is 20.7. The van der Waals surface area contributed by atoms with E-state index in [2.05, 4.69) is 4.99 Å². The molecule has 1 aliphatic heterocycles. The smallest absolute Gasteiger partial charge is 0.341 e. The summed E-state index contributed by atoms with van der Waals surface area (Å²) in [6, 6.07) is 11.7. The van der Waals surface area contributed by atoms with Gasteiger partial charge in [0.2, 0.25) is 0 Å². The lowest BCUT2D eigenvalue weighted by Crippen LogP contribution is -2.27. The summed E-state index contributed by atoms with van der Waals surface area (Å²) in [6.07, 6.45) is 1.61. The van der Waals surface area contributed by atoms with E-state index >= 15 is 0 Å². The number of methoxy groups -OCH3 is 2. The Balaban J connectivity index is 1.93. The number of ether oxygens (including phenoxy) is 4. The lowest BCUT2D eigenvalue weighted by atomic mass is 10.0. The summed E-state index contributed by atoms with van der Waals surface area (Å²) in [5.74, 6) is -2.13. The van der Waals surface area contributed by atoms with Crippen LogP contribution in [0.15, 0.2) is 52.4 Å². The second kappa shape index (κ2) is 11.4. The van der Waals surface area contributed by atoms with Crippen molar-refractivity contribution in [3.8, 4) is 17.2 Å². The molecule has 178 valence electrons. The molecule has 2 aromatic rings. The molecule has 0 spiro atoms. The molecule has 34 heavy (non-hydrogen) atoms. The van der Waals surface area contributed by atoms with Crippen molar-refractivity contribution in [2.75, 3.05) is 27.4 Å². The van der Waals surface area contributed by atoms with Gasteiger partial charge in [0.15, 0.2) is 29.8 Å². The van der Waals surface area contributed by atoms with Crippen molar-refractivity contribution >= 4 is 46.3 Å². The molecule has 0 aromatic heterocycles. The van der Waals surface area contributed by atoms with Crippen LogP contribution in [0.25, 0.3) is 6.08 Å². The predicted octanol–water partition coefficient (Wildman–Crippen LogP) is 3.73. The monoisotopic (exact) mass is 485 g/mol. The van der Waals surface area contributed by atoms with Crippen molar-refractivity contribution in [2.24, 2.45) is 10.9 Å². The van der Waals surface area contributed by atoms with Crippen LogP contribution in [0.5, 0.6) is 17.2 Å². The van der Waals surface area contributed by atoms with E-state index < -0.39 is 30.2 Å². The van der Waals surface area contributed by atoms with Gasteiger partial charge in [0.1, 0.15) is 10.8 Å². The van der Waals surface area contributed by atoms with E-state index in [1.165, 1.54) is 7.11 Å². The van der Waals surface area contributed by atoms with E-state index in [1.807, 2.05) is 0 Å². The van der Waals surface area contributed by atoms with Crippen molar-refractivity contribution in [3.05, 3.63) is 52.9 Å². The minimum Gasteiger partial charge on any atom is -0.497 e. The number of rotatable bonds is 9. The number of carboxylic acid groups (broad SMARTS) is 1. The number of Topliss-reactive ketones (excluding diaryl/α,β-unsaturated/α-hetero) is 1. The highest BCUT2D eigenvalue weighted by molar-refractivity contribution is 8.19. The zero-order valence-corrected chi connectivity index (χ0v) is 19.6. The summed E-state index contributed by atoms with van der Waals surface area (Å²) >= 11 is 1.09. The quantitative estimate of drug-likeness (QED) is 0.322. The van der Waals surface area contributed by atoms with Gasteiger partial charge in [-0.3, -0.25) is 9.59 Å². The predicted molar refractivity (Wildman–Crippen MR) is 127 cm³/mol. The minimum atomic E-state index is -1.15. The van der Waals surface area contributed by atoms with E-state index in [9.17, 15) is 14.4 Å². The van der Waals surface area contributed by atoms with Gasteiger partial charge in [0.25, 0.3) is 0 Å². The fourth-order valence-corrected chi connectivity index (χ4v) is 4.18. The van der Waals surface area contributed by atoms with Crippen molar-refractivity contribution < 1.29 is 38.4 Å². The average molecular weight is 486 g/mol. The van der Waals surface area contributed by atoms with Gasteiger partial charge < -0.3 is 24.1 Å². The van der Waals surface area contributed by atoms with E-state index in [1.54, 1.807) is 62.6 Å². The number of hydrogen-bond donors (Lipinski definition) is 1. The van der Waals surface area contributed by atoms with Crippen LogP contribution in [-0.2, 0) is 19.1 Å². The first-order chi connectivity index (χ1) is 16.4. The number of benzene rings is 2. The Kier molecular flexibility index (Phi) is 8.31. The Hall–Kier alpha value is -3.79. The van der Waals surface area contributed by atoms with Crippen LogP contribution in [0, 0.1) is 5.92 Å². The number of aliphatic imine (C=N–C) groups is 1. The normalized spacial score (nSPS) is 17.6. The maximum absolute atomic E-state index is 13.1. The Labute approximate surface area is 200 Å². The van der Waals surface area contributed by atoms with Crippen LogP contribution >= 0.6 is 11.8 Å². The molecule has 1 fully saturated rings. The van der Waals surface area contributed by atoms with Crippen LogP contribution < -0.4 is 14.2 Å². The molecule has 1 N–H and O–H groups in total. The average Bonchev–Trinajstić information content (AvgIpc) is 3.12. The Morgan fingerprint density at radius 3 is 2.44 bits per heavy atom. The molecule has 2 aromatic carbocycles. The summed E-state index contributed by atoms with van der Waals surface area (Å²) in [4.78, 5) is 41.3. The maximum Gasteiger partial charge on any atom is 0.341 e. The molecular weight excluding hydrogens is 462 g/mol. The van der Waals surface area contributed by atoms with Crippen molar-refractivity contribution in [2.45, 2.75) is 6.92 Å². The van der Waals surface area contributed by atoms with E-state index in [4.69, 9.17) is 24.1 Å². The summed E-state index contributed by atoms with van der Waals surface area (Å²) in [5, 5.41) is 9.12. The SMILES string of the molecule is CCOC(=O)C1C(=O)/C(=C/c2ccc(OCC(=O)O)c(OC)c2)SC1=Nc1ccc(OC)cc1. The second-order valence-electron chi connectivity index (χ2n) is 6.90. The molecule has 0 bridgehead atoms. The third-order valence-corrected chi connectivity index (χ3v) is 5.71. The molecule has 0 aliphatic carbocycles. The van der Waals surface area contributed by atoms with Crippen LogP contribution in [0.2, 0.25) is 0 Å². The number of hydrogen-bond acceptors (Lipinski definition) is 9. The molecule has 3 rings (SSSR count). The molecule has 1 saturated heterocycles. The molecule has 1 unspecified atom stereocenters. The second-order valence-corrected chi connectivity index (χ2v) is 7.96. The van der Waals surface area contributed by atoms with Crippen molar-refractivity contribution in [1.82, 2.24) is 0 Å². The molecule has 10 heteroatoms. The Bertz CT molecular complexity index is 1140. The van der Waals surface area contributed by atoms with E-state index in [0.717, 1.165) is 11.8 Å². The topological polar surface area (TPSA) is 121 Å².